The summed E-state index contributed by atoms with van der Waals surface area (Å²) in [5.74, 6) is 0.0250. The molecule has 0 aromatic rings. The summed E-state index contributed by atoms with van der Waals surface area (Å²) < 4.78 is 10.4. The van der Waals surface area contributed by atoms with Crippen molar-refractivity contribution >= 4 is 12.4 Å². The van der Waals surface area contributed by atoms with Gasteiger partial charge in [0.05, 0.1) is 25.2 Å². The standard InChI is InChI=1S/C33H65NO6/c1-3-5-7-9-10-14-22-31(21-13-8-6-4-2)33(38)40-28-20-15-23-32(37)29-34(25-17-18-26-35)24-16-11-12-19-27-39-30-36/h30-32,35,37H,3-29H2,1-2H3. The Morgan fingerprint density at radius 2 is 1.23 bits per heavy atom. The van der Waals surface area contributed by atoms with Gasteiger partial charge in [-0.2, -0.15) is 0 Å². The zero-order valence-corrected chi connectivity index (χ0v) is 26.3. The van der Waals surface area contributed by atoms with E-state index in [4.69, 9.17) is 14.6 Å². The number of nitrogens with zero attached hydrogens (tertiary/aromatic N) is 1. The molecule has 0 spiro atoms. The summed E-state index contributed by atoms with van der Waals surface area (Å²) in [6.45, 7) is 8.51. The first-order chi connectivity index (χ1) is 19.6. The van der Waals surface area contributed by atoms with E-state index in [1.165, 1.54) is 51.4 Å². The SMILES string of the molecule is CCCCCCCCC(CCCCCC)C(=O)OCCCCC(O)CN(CCCCO)CCCCCCOC=O. The van der Waals surface area contributed by atoms with Gasteiger partial charge in [-0.3, -0.25) is 9.59 Å². The highest BCUT2D eigenvalue weighted by Crippen LogP contribution is 2.21. The van der Waals surface area contributed by atoms with Crippen LogP contribution in [0, 0.1) is 5.92 Å². The number of hydrogen-bond donors (Lipinski definition) is 2. The molecule has 238 valence electrons. The van der Waals surface area contributed by atoms with Gasteiger partial charge in [-0.05, 0) is 70.9 Å². The summed E-state index contributed by atoms with van der Waals surface area (Å²) in [6.07, 6.45) is 21.8. The van der Waals surface area contributed by atoms with Gasteiger partial charge in [0.25, 0.3) is 6.47 Å². The molecular weight excluding hydrogens is 506 g/mol. The van der Waals surface area contributed by atoms with E-state index in [0.717, 1.165) is 90.1 Å². The molecule has 0 aliphatic heterocycles. The van der Waals surface area contributed by atoms with Crippen molar-refractivity contribution in [3.63, 3.8) is 0 Å². The van der Waals surface area contributed by atoms with Gasteiger partial charge in [-0.15, -0.1) is 0 Å². The van der Waals surface area contributed by atoms with E-state index in [0.29, 0.717) is 32.7 Å². The van der Waals surface area contributed by atoms with E-state index in [9.17, 15) is 14.7 Å². The number of hydrogen-bond acceptors (Lipinski definition) is 7. The van der Waals surface area contributed by atoms with Crippen LogP contribution in [0.2, 0.25) is 0 Å². The van der Waals surface area contributed by atoms with Crippen LogP contribution in [-0.2, 0) is 19.1 Å². The number of aliphatic hydroxyl groups is 2. The molecule has 0 bridgehead atoms. The highest BCUT2D eigenvalue weighted by molar-refractivity contribution is 5.72. The van der Waals surface area contributed by atoms with E-state index < -0.39 is 6.10 Å². The van der Waals surface area contributed by atoms with Gasteiger partial charge in [0.1, 0.15) is 0 Å². The predicted molar refractivity (Wildman–Crippen MR) is 164 cm³/mol. The number of rotatable bonds is 32. The molecule has 0 heterocycles. The maximum absolute atomic E-state index is 12.8. The van der Waals surface area contributed by atoms with Crippen molar-refractivity contribution < 1.29 is 29.3 Å². The van der Waals surface area contributed by atoms with Crippen LogP contribution >= 0.6 is 0 Å². The van der Waals surface area contributed by atoms with Gasteiger partial charge >= 0.3 is 5.97 Å². The monoisotopic (exact) mass is 571 g/mol. The topological polar surface area (TPSA) is 96.3 Å². The first-order valence-corrected chi connectivity index (χ1v) is 16.8. The summed E-state index contributed by atoms with van der Waals surface area (Å²) in [5, 5.41) is 19.8. The Balaban J connectivity index is 4.29. The summed E-state index contributed by atoms with van der Waals surface area (Å²) in [5.41, 5.74) is 0. The van der Waals surface area contributed by atoms with Crippen LogP contribution in [-0.4, -0.2) is 73.1 Å². The van der Waals surface area contributed by atoms with Gasteiger partial charge < -0.3 is 24.6 Å². The van der Waals surface area contributed by atoms with Crippen LogP contribution in [0.3, 0.4) is 0 Å². The highest BCUT2D eigenvalue weighted by Gasteiger charge is 2.19. The number of carbonyl (C=O) groups excluding carboxylic acids is 2. The minimum atomic E-state index is -0.398. The van der Waals surface area contributed by atoms with Gasteiger partial charge in [0, 0.05) is 13.2 Å². The Morgan fingerprint density at radius 1 is 0.700 bits per heavy atom. The smallest absolute Gasteiger partial charge is 0.308 e. The highest BCUT2D eigenvalue weighted by atomic mass is 16.5. The largest absolute Gasteiger partial charge is 0.468 e. The molecule has 0 rings (SSSR count). The second kappa shape index (κ2) is 30.8. The van der Waals surface area contributed by atoms with Crippen LogP contribution in [0.15, 0.2) is 0 Å². The van der Waals surface area contributed by atoms with E-state index >= 15 is 0 Å². The zero-order chi connectivity index (χ0) is 29.5. The van der Waals surface area contributed by atoms with Crippen molar-refractivity contribution in [1.82, 2.24) is 4.90 Å². The molecule has 2 unspecified atom stereocenters. The Kier molecular flexibility index (Phi) is 29.9. The van der Waals surface area contributed by atoms with Crippen LogP contribution in [0.25, 0.3) is 0 Å². The Morgan fingerprint density at radius 3 is 1.88 bits per heavy atom. The normalized spacial score (nSPS) is 12.9. The maximum Gasteiger partial charge on any atom is 0.308 e. The molecule has 0 saturated heterocycles. The fraction of sp³-hybridized carbons (Fsp3) is 0.939. The lowest BCUT2D eigenvalue weighted by atomic mass is 9.94. The minimum Gasteiger partial charge on any atom is -0.468 e. The van der Waals surface area contributed by atoms with Crippen LogP contribution in [0.1, 0.15) is 149 Å². The molecule has 0 radical (unpaired) electrons. The van der Waals surface area contributed by atoms with E-state index in [2.05, 4.69) is 18.7 Å². The van der Waals surface area contributed by atoms with Gasteiger partial charge in [0.2, 0.25) is 0 Å². The van der Waals surface area contributed by atoms with E-state index in [-0.39, 0.29) is 18.5 Å². The summed E-state index contributed by atoms with van der Waals surface area (Å²) in [7, 11) is 0. The van der Waals surface area contributed by atoms with Crippen molar-refractivity contribution in [3.8, 4) is 0 Å². The molecular formula is C33H65NO6. The summed E-state index contributed by atoms with van der Waals surface area (Å²) in [6, 6.07) is 0. The fourth-order valence-electron chi connectivity index (χ4n) is 5.19. The molecule has 7 heteroatoms. The average Bonchev–Trinajstić information content (AvgIpc) is 2.95. The fourth-order valence-corrected chi connectivity index (χ4v) is 5.19. The summed E-state index contributed by atoms with van der Waals surface area (Å²) >= 11 is 0. The third-order valence-electron chi connectivity index (χ3n) is 7.73. The first-order valence-electron chi connectivity index (χ1n) is 16.8. The molecule has 0 aromatic carbocycles. The number of ether oxygens (including phenoxy) is 2. The van der Waals surface area contributed by atoms with Crippen LogP contribution in [0.5, 0.6) is 0 Å². The van der Waals surface area contributed by atoms with Crippen molar-refractivity contribution in [3.05, 3.63) is 0 Å². The quantitative estimate of drug-likeness (QED) is 0.0500. The van der Waals surface area contributed by atoms with Crippen LogP contribution < -0.4 is 0 Å². The Labute approximate surface area is 246 Å². The van der Waals surface area contributed by atoms with Gasteiger partial charge in [-0.25, -0.2) is 0 Å². The molecule has 40 heavy (non-hydrogen) atoms. The second-order valence-electron chi connectivity index (χ2n) is 11.5. The third-order valence-corrected chi connectivity index (χ3v) is 7.73. The molecule has 7 nitrogen and oxygen atoms in total. The third kappa shape index (κ3) is 25.8. The van der Waals surface area contributed by atoms with Crippen molar-refractivity contribution in [1.29, 1.82) is 0 Å². The number of unbranched alkanes of at least 4 members (excludes halogenated alkanes) is 13. The lowest BCUT2D eigenvalue weighted by molar-refractivity contribution is -0.149. The van der Waals surface area contributed by atoms with Crippen molar-refractivity contribution in [2.75, 3.05) is 39.5 Å². The van der Waals surface area contributed by atoms with Gasteiger partial charge in [-0.1, -0.05) is 90.9 Å². The number of aliphatic hydroxyl groups excluding tert-OH is 2. The minimum absolute atomic E-state index is 0.0154. The molecule has 0 aliphatic carbocycles. The van der Waals surface area contributed by atoms with E-state index in [1.54, 1.807) is 0 Å². The molecule has 0 saturated carbocycles. The van der Waals surface area contributed by atoms with E-state index in [1.807, 2.05) is 0 Å². The van der Waals surface area contributed by atoms with Crippen LogP contribution in [0.4, 0.5) is 0 Å². The molecule has 0 fully saturated rings. The lowest BCUT2D eigenvalue weighted by Gasteiger charge is -2.25. The molecule has 2 atom stereocenters. The maximum atomic E-state index is 12.8. The molecule has 0 aliphatic rings. The molecule has 2 N–H and O–H groups in total. The van der Waals surface area contributed by atoms with Crippen molar-refractivity contribution in [2.24, 2.45) is 5.92 Å². The molecule has 0 aromatic heterocycles. The van der Waals surface area contributed by atoms with Gasteiger partial charge in [0.15, 0.2) is 0 Å². The predicted octanol–water partition coefficient (Wildman–Crippen LogP) is 7.21. The first kappa shape index (κ1) is 38.8. The Bertz CT molecular complexity index is 547. The second-order valence-corrected chi connectivity index (χ2v) is 11.5. The number of carbonyl (C=O) groups is 2. The molecule has 0 amide bonds. The lowest BCUT2D eigenvalue weighted by Crippen LogP contribution is -2.34. The summed E-state index contributed by atoms with van der Waals surface area (Å²) in [4.78, 5) is 25.3. The number of esters is 1. The zero-order valence-electron chi connectivity index (χ0n) is 26.3. The van der Waals surface area contributed by atoms with Crippen molar-refractivity contribution in [2.45, 2.75) is 155 Å². The Hall–Kier alpha value is -1.18. The average molecular weight is 572 g/mol.